The average molecular weight is 419 g/mol. The van der Waals surface area contributed by atoms with E-state index in [1.54, 1.807) is 0 Å². The molecule has 0 spiro atoms. The fourth-order valence-corrected chi connectivity index (χ4v) is 4.96. The van der Waals surface area contributed by atoms with Crippen molar-refractivity contribution in [3.05, 3.63) is 84.1 Å². The Balaban J connectivity index is 1.79. The van der Waals surface area contributed by atoms with Crippen molar-refractivity contribution in [1.82, 2.24) is 18.8 Å². The maximum Gasteiger partial charge on any atom is 0.221 e. The topological polar surface area (TPSA) is 34.6 Å². The zero-order valence-electron chi connectivity index (χ0n) is 18.9. The van der Waals surface area contributed by atoms with Crippen molar-refractivity contribution >= 4 is 33.4 Å². The summed E-state index contributed by atoms with van der Waals surface area (Å²) in [5, 5.41) is 1.13. The molecule has 0 bridgehead atoms. The molecule has 0 aliphatic rings. The Hall–Kier alpha value is -3.66. The molecule has 0 unspecified atom stereocenters. The van der Waals surface area contributed by atoms with Gasteiger partial charge in [-0.3, -0.25) is 8.80 Å². The summed E-state index contributed by atoms with van der Waals surface area (Å²) in [5.74, 6) is 1.73. The van der Waals surface area contributed by atoms with E-state index >= 15 is 0 Å². The van der Waals surface area contributed by atoms with Crippen molar-refractivity contribution < 1.29 is 0 Å². The van der Waals surface area contributed by atoms with E-state index in [1.165, 1.54) is 16.7 Å². The minimum Gasteiger partial charge on any atom is -0.277 e. The molecule has 0 N–H and O–H groups in total. The van der Waals surface area contributed by atoms with Gasteiger partial charge < -0.3 is 0 Å². The van der Waals surface area contributed by atoms with Crippen LogP contribution in [0, 0.1) is 0 Å². The van der Waals surface area contributed by atoms with Gasteiger partial charge in [-0.15, -0.1) is 0 Å². The van der Waals surface area contributed by atoms with Gasteiger partial charge in [0.15, 0.2) is 0 Å². The smallest absolute Gasteiger partial charge is 0.221 e. The van der Waals surface area contributed by atoms with Crippen molar-refractivity contribution in [3.8, 4) is 11.3 Å². The molecule has 32 heavy (non-hydrogen) atoms. The maximum absolute atomic E-state index is 5.23. The molecule has 0 amide bonds. The fourth-order valence-electron chi connectivity index (χ4n) is 4.96. The zero-order valence-corrected chi connectivity index (χ0v) is 18.9. The highest BCUT2D eigenvalue weighted by Gasteiger charge is 2.21. The van der Waals surface area contributed by atoms with E-state index < -0.39 is 0 Å². The van der Waals surface area contributed by atoms with Gasteiger partial charge in [-0.1, -0.05) is 70.2 Å². The molecule has 3 heterocycles. The Morgan fingerprint density at radius 3 is 2.06 bits per heavy atom. The highest BCUT2D eigenvalue weighted by Crippen LogP contribution is 2.37. The van der Waals surface area contributed by atoms with Gasteiger partial charge in [0.25, 0.3) is 0 Å². The molecule has 0 saturated heterocycles. The predicted molar refractivity (Wildman–Crippen MR) is 133 cm³/mol. The van der Waals surface area contributed by atoms with Crippen LogP contribution in [0.4, 0.5) is 0 Å². The first kappa shape index (κ1) is 19.1. The summed E-state index contributed by atoms with van der Waals surface area (Å²) >= 11 is 0. The van der Waals surface area contributed by atoms with Gasteiger partial charge in [-0.05, 0) is 47.2 Å². The van der Waals surface area contributed by atoms with Crippen molar-refractivity contribution in [1.29, 1.82) is 0 Å². The first-order valence-corrected chi connectivity index (χ1v) is 11.3. The minimum absolute atomic E-state index is 0.416. The first-order valence-electron chi connectivity index (χ1n) is 11.3. The molecule has 0 aliphatic carbocycles. The van der Waals surface area contributed by atoms with Crippen LogP contribution in [-0.4, -0.2) is 18.8 Å². The summed E-state index contributed by atoms with van der Waals surface area (Å²) in [4.78, 5) is 10.2. The Bertz CT molecular complexity index is 1610. The Kier molecular flexibility index (Phi) is 4.12. The molecule has 4 nitrogen and oxygen atoms in total. The van der Waals surface area contributed by atoms with Crippen LogP contribution in [0.1, 0.15) is 50.7 Å². The molecule has 0 saturated carbocycles. The largest absolute Gasteiger partial charge is 0.277 e. The lowest BCUT2D eigenvalue weighted by Crippen LogP contribution is -1.99. The van der Waals surface area contributed by atoms with Crippen molar-refractivity contribution in [2.75, 3.05) is 0 Å². The van der Waals surface area contributed by atoms with Crippen molar-refractivity contribution in [2.45, 2.75) is 39.5 Å². The maximum atomic E-state index is 5.23. The van der Waals surface area contributed by atoms with Gasteiger partial charge in [-0.2, -0.15) is 0 Å². The van der Waals surface area contributed by atoms with Crippen LogP contribution < -0.4 is 0 Å². The molecular weight excluding hydrogens is 392 g/mol. The molecule has 0 radical (unpaired) electrons. The van der Waals surface area contributed by atoms with Gasteiger partial charge >= 0.3 is 0 Å². The fraction of sp³-hybridized carbons (Fsp3) is 0.214. The van der Waals surface area contributed by atoms with Crippen LogP contribution in [-0.2, 0) is 0 Å². The molecule has 6 aromatic rings. The van der Waals surface area contributed by atoms with Crippen molar-refractivity contribution in [3.63, 3.8) is 0 Å². The predicted octanol–water partition coefficient (Wildman–Crippen LogP) is 7.20. The van der Waals surface area contributed by atoms with Crippen LogP contribution in [0.15, 0.2) is 72.9 Å². The molecule has 4 heteroatoms. The van der Waals surface area contributed by atoms with Gasteiger partial charge in [0.05, 0.1) is 22.2 Å². The summed E-state index contributed by atoms with van der Waals surface area (Å²) in [6, 6.07) is 23.5. The van der Waals surface area contributed by atoms with Gasteiger partial charge in [0, 0.05) is 17.1 Å². The van der Waals surface area contributed by atoms with Crippen molar-refractivity contribution in [2.24, 2.45) is 0 Å². The first-order chi connectivity index (χ1) is 15.5. The van der Waals surface area contributed by atoms with Crippen LogP contribution in [0.5, 0.6) is 0 Å². The third kappa shape index (κ3) is 2.62. The Labute approximate surface area is 187 Å². The minimum atomic E-state index is 0.416. The lowest BCUT2D eigenvalue weighted by molar-refractivity contribution is 0.837. The molecular formula is C28H26N4. The zero-order chi connectivity index (χ0) is 22.0. The van der Waals surface area contributed by atoms with E-state index in [9.17, 15) is 0 Å². The molecule has 3 aromatic heterocycles. The van der Waals surface area contributed by atoms with Crippen LogP contribution in [0.2, 0.25) is 0 Å². The molecule has 0 atom stereocenters. The van der Waals surface area contributed by atoms with Crippen LogP contribution >= 0.6 is 0 Å². The second-order valence-electron chi connectivity index (χ2n) is 9.19. The number of fused-ring (bicyclic) bond motifs is 8. The van der Waals surface area contributed by atoms with E-state index in [-0.39, 0.29) is 0 Å². The number of hydrogen-bond acceptors (Lipinski definition) is 2. The number of benzene rings is 3. The second kappa shape index (κ2) is 6.92. The third-order valence-electron chi connectivity index (χ3n) is 6.48. The number of hydrogen-bond donors (Lipinski definition) is 0. The van der Waals surface area contributed by atoms with E-state index in [0.717, 1.165) is 39.1 Å². The molecule has 3 aromatic carbocycles. The summed E-state index contributed by atoms with van der Waals surface area (Å²) in [6.07, 6.45) is 2.18. The van der Waals surface area contributed by atoms with Crippen LogP contribution in [0.3, 0.4) is 0 Å². The lowest BCUT2D eigenvalue weighted by Gasteiger charge is -2.18. The number of imidazole rings is 2. The summed E-state index contributed by atoms with van der Waals surface area (Å²) in [6.45, 7) is 9.03. The monoisotopic (exact) mass is 418 g/mol. The third-order valence-corrected chi connectivity index (χ3v) is 6.48. The highest BCUT2D eigenvalue weighted by molar-refractivity contribution is 5.98. The normalized spacial score (nSPS) is 12.3. The summed E-state index contributed by atoms with van der Waals surface area (Å²) in [7, 11) is 0. The number of nitrogens with zero attached hydrogens (tertiary/aromatic N) is 4. The second-order valence-corrected chi connectivity index (χ2v) is 9.19. The number of rotatable bonds is 3. The molecule has 6 rings (SSSR count). The quantitative estimate of drug-likeness (QED) is 0.304. The standard InChI is InChI=1S/C28H26N4/c1-17(2)19-11-9-12-20(18(3)4)26(19)23-16-31-27(29-23)21-10-5-7-14-24(21)32-25-15-8-6-13-22(25)30-28(31)32/h5-18H,1-4H3. The SMILES string of the molecule is CC(C)c1cccc(C(C)C)c1-c1cn2c(n1)c1ccccc1n1c3ccccc3nc21. The molecule has 0 fully saturated rings. The summed E-state index contributed by atoms with van der Waals surface area (Å²) in [5.41, 5.74) is 9.14. The Morgan fingerprint density at radius 1 is 0.688 bits per heavy atom. The number of para-hydroxylation sites is 3. The van der Waals surface area contributed by atoms with E-state index in [0.29, 0.717) is 11.8 Å². The Morgan fingerprint density at radius 2 is 1.34 bits per heavy atom. The van der Waals surface area contributed by atoms with Gasteiger partial charge in [0.2, 0.25) is 5.78 Å². The average Bonchev–Trinajstić information content (AvgIpc) is 3.41. The summed E-state index contributed by atoms with van der Waals surface area (Å²) < 4.78 is 4.42. The molecule has 158 valence electrons. The van der Waals surface area contributed by atoms with Gasteiger partial charge in [0.1, 0.15) is 5.65 Å². The molecule has 0 aliphatic heterocycles. The van der Waals surface area contributed by atoms with E-state index in [1.807, 2.05) is 6.07 Å². The van der Waals surface area contributed by atoms with Gasteiger partial charge in [-0.25, -0.2) is 9.97 Å². The van der Waals surface area contributed by atoms with Crippen LogP contribution in [0.25, 0.3) is 44.6 Å². The van der Waals surface area contributed by atoms with E-state index in [4.69, 9.17) is 9.97 Å². The lowest BCUT2D eigenvalue weighted by atomic mass is 9.87. The highest BCUT2D eigenvalue weighted by atomic mass is 15.2. The number of aromatic nitrogens is 4. The van der Waals surface area contributed by atoms with E-state index in [2.05, 4.69) is 103 Å².